The predicted molar refractivity (Wildman–Crippen MR) is 75.3 cm³/mol. The van der Waals surface area contributed by atoms with Gasteiger partial charge in [0.15, 0.2) is 0 Å². The van der Waals surface area contributed by atoms with Crippen molar-refractivity contribution in [3.8, 4) is 0 Å². The SMILES string of the molecule is CCCCc1ccc(C(C(C)C)C(C)C)nc1. The summed E-state index contributed by atoms with van der Waals surface area (Å²) in [4.78, 5) is 4.67. The van der Waals surface area contributed by atoms with Crippen LogP contribution in [0.5, 0.6) is 0 Å². The van der Waals surface area contributed by atoms with Crippen molar-refractivity contribution in [1.29, 1.82) is 0 Å². The van der Waals surface area contributed by atoms with Gasteiger partial charge in [0.05, 0.1) is 0 Å². The smallest absolute Gasteiger partial charge is 0.0439 e. The Morgan fingerprint density at radius 1 is 1.06 bits per heavy atom. The van der Waals surface area contributed by atoms with E-state index in [1.54, 1.807) is 0 Å². The normalized spacial score (nSPS) is 11.8. The number of pyridine rings is 1. The Morgan fingerprint density at radius 3 is 2.12 bits per heavy atom. The van der Waals surface area contributed by atoms with Gasteiger partial charge in [0.2, 0.25) is 0 Å². The minimum atomic E-state index is 0.579. The molecule has 96 valence electrons. The third-order valence-corrected chi connectivity index (χ3v) is 3.44. The van der Waals surface area contributed by atoms with E-state index in [2.05, 4.69) is 57.9 Å². The molecule has 0 bridgehead atoms. The van der Waals surface area contributed by atoms with Crippen molar-refractivity contribution >= 4 is 0 Å². The van der Waals surface area contributed by atoms with Gasteiger partial charge in [0.1, 0.15) is 0 Å². The summed E-state index contributed by atoms with van der Waals surface area (Å²) in [5.41, 5.74) is 2.64. The highest BCUT2D eigenvalue weighted by molar-refractivity contribution is 5.18. The number of nitrogens with zero attached hydrogens (tertiary/aromatic N) is 1. The lowest BCUT2D eigenvalue weighted by Crippen LogP contribution is -2.14. The van der Waals surface area contributed by atoms with E-state index in [1.165, 1.54) is 24.1 Å². The van der Waals surface area contributed by atoms with Crippen molar-refractivity contribution in [3.05, 3.63) is 29.6 Å². The summed E-state index contributed by atoms with van der Waals surface area (Å²) in [6, 6.07) is 4.49. The number of rotatable bonds is 6. The van der Waals surface area contributed by atoms with Crippen molar-refractivity contribution in [1.82, 2.24) is 4.98 Å². The fourth-order valence-corrected chi connectivity index (χ4v) is 2.61. The maximum atomic E-state index is 4.67. The van der Waals surface area contributed by atoms with Gasteiger partial charge in [-0.1, -0.05) is 47.1 Å². The van der Waals surface area contributed by atoms with Crippen LogP contribution >= 0.6 is 0 Å². The van der Waals surface area contributed by atoms with Gasteiger partial charge in [0, 0.05) is 17.8 Å². The zero-order valence-electron chi connectivity index (χ0n) is 12.0. The zero-order chi connectivity index (χ0) is 12.8. The van der Waals surface area contributed by atoms with Crippen molar-refractivity contribution in [3.63, 3.8) is 0 Å². The summed E-state index contributed by atoms with van der Waals surface area (Å²) in [6.07, 6.45) is 5.75. The van der Waals surface area contributed by atoms with Crippen LogP contribution < -0.4 is 0 Å². The van der Waals surface area contributed by atoms with Crippen LogP contribution in [0.4, 0.5) is 0 Å². The highest BCUT2D eigenvalue weighted by atomic mass is 14.7. The van der Waals surface area contributed by atoms with E-state index in [9.17, 15) is 0 Å². The topological polar surface area (TPSA) is 12.9 Å². The molecule has 0 spiro atoms. The van der Waals surface area contributed by atoms with E-state index in [4.69, 9.17) is 0 Å². The molecule has 0 N–H and O–H groups in total. The second kappa shape index (κ2) is 6.78. The predicted octanol–water partition coefficient (Wildman–Crippen LogP) is 4.82. The summed E-state index contributed by atoms with van der Waals surface area (Å²) in [5, 5.41) is 0. The van der Waals surface area contributed by atoms with E-state index >= 15 is 0 Å². The maximum Gasteiger partial charge on any atom is 0.0439 e. The van der Waals surface area contributed by atoms with Crippen LogP contribution in [0.3, 0.4) is 0 Å². The molecule has 1 heterocycles. The zero-order valence-corrected chi connectivity index (χ0v) is 12.0. The summed E-state index contributed by atoms with van der Waals surface area (Å²) >= 11 is 0. The Hall–Kier alpha value is -0.850. The van der Waals surface area contributed by atoms with Crippen molar-refractivity contribution in [2.75, 3.05) is 0 Å². The average molecular weight is 233 g/mol. The molecule has 1 aromatic heterocycles. The van der Waals surface area contributed by atoms with Crippen LogP contribution in [-0.4, -0.2) is 4.98 Å². The summed E-state index contributed by atoms with van der Waals surface area (Å²) in [6.45, 7) is 11.4. The van der Waals surface area contributed by atoms with Crippen LogP contribution in [0.1, 0.15) is 64.6 Å². The van der Waals surface area contributed by atoms with E-state index in [0.717, 1.165) is 6.42 Å². The van der Waals surface area contributed by atoms with E-state index < -0.39 is 0 Å². The van der Waals surface area contributed by atoms with Crippen molar-refractivity contribution in [2.24, 2.45) is 11.8 Å². The molecule has 0 aliphatic heterocycles. The molecule has 0 aromatic carbocycles. The molecule has 1 aromatic rings. The molecule has 0 amide bonds. The van der Waals surface area contributed by atoms with Crippen LogP contribution in [0.15, 0.2) is 18.3 Å². The Kier molecular flexibility index (Phi) is 5.67. The molecule has 0 atom stereocenters. The molecular weight excluding hydrogens is 206 g/mol. The quantitative estimate of drug-likeness (QED) is 0.686. The monoisotopic (exact) mass is 233 g/mol. The number of hydrogen-bond acceptors (Lipinski definition) is 1. The highest BCUT2D eigenvalue weighted by Crippen LogP contribution is 2.30. The van der Waals surface area contributed by atoms with Gasteiger partial charge in [-0.25, -0.2) is 0 Å². The van der Waals surface area contributed by atoms with Gasteiger partial charge in [-0.2, -0.15) is 0 Å². The van der Waals surface area contributed by atoms with Crippen LogP contribution in [0, 0.1) is 11.8 Å². The molecule has 0 saturated carbocycles. The standard InChI is InChI=1S/C16H27N/c1-6-7-8-14-9-10-15(17-11-14)16(12(2)3)13(4)5/h9-13,16H,6-8H2,1-5H3. The van der Waals surface area contributed by atoms with E-state index in [1.807, 2.05) is 0 Å². The van der Waals surface area contributed by atoms with Crippen LogP contribution in [-0.2, 0) is 6.42 Å². The first-order valence-corrected chi connectivity index (χ1v) is 7.01. The van der Waals surface area contributed by atoms with E-state index in [0.29, 0.717) is 17.8 Å². The lowest BCUT2D eigenvalue weighted by Gasteiger charge is -2.24. The van der Waals surface area contributed by atoms with Gasteiger partial charge in [-0.3, -0.25) is 4.98 Å². The minimum Gasteiger partial charge on any atom is -0.261 e. The Morgan fingerprint density at radius 2 is 1.71 bits per heavy atom. The third-order valence-electron chi connectivity index (χ3n) is 3.44. The molecular formula is C16H27N. The van der Waals surface area contributed by atoms with Gasteiger partial charge in [-0.05, 0) is 36.3 Å². The first-order chi connectivity index (χ1) is 8.06. The lowest BCUT2D eigenvalue weighted by atomic mass is 9.82. The van der Waals surface area contributed by atoms with Crippen LogP contribution in [0.2, 0.25) is 0 Å². The third kappa shape index (κ3) is 4.14. The second-order valence-corrected chi connectivity index (χ2v) is 5.71. The summed E-state index contributed by atoms with van der Waals surface area (Å²) < 4.78 is 0. The Bertz CT molecular complexity index is 303. The molecule has 17 heavy (non-hydrogen) atoms. The number of hydrogen-bond donors (Lipinski definition) is 0. The molecule has 0 radical (unpaired) electrons. The second-order valence-electron chi connectivity index (χ2n) is 5.71. The van der Waals surface area contributed by atoms with Crippen molar-refractivity contribution in [2.45, 2.75) is 59.8 Å². The summed E-state index contributed by atoms with van der Waals surface area (Å²) in [7, 11) is 0. The van der Waals surface area contributed by atoms with Gasteiger partial charge < -0.3 is 0 Å². The molecule has 0 fully saturated rings. The largest absolute Gasteiger partial charge is 0.261 e. The summed E-state index contributed by atoms with van der Waals surface area (Å²) in [5.74, 6) is 1.89. The highest BCUT2D eigenvalue weighted by Gasteiger charge is 2.20. The van der Waals surface area contributed by atoms with Crippen LogP contribution in [0.25, 0.3) is 0 Å². The first kappa shape index (κ1) is 14.2. The Balaban J connectivity index is 2.77. The van der Waals surface area contributed by atoms with E-state index in [-0.39, 0.29) is 0 Å². The number of unbranched alkanes of at least 4 members (excludes halogenated alkanes) is 1. The average Bonchev–Trinajstić information content (AvgIpc) is 2.27. The number of aryl methyl sites for hydroxylation is 1. The maximum absolute atomic E-state index is 4.67. The lowest BCUT2D eigenvalue weighted by molar-refractivity contribution is 0.380. The fourth-order valence-electron chi connectivity index (χ4n) is 2.61. The molecule has 1 heteroatoms. The van der Waals surface area contributed by atoms with Crippen molar-refractivity contribution < 1.29 is 0 Å². The Labute approximate surface area is 107 Å². The molecule has 1 nitrogen and oxygen atoms in total. The fraction of sp³-hybridized carbons (Fsp3) is 0.688. The molecule has 1 rings (SSSR count). The van der Waals surface area contributed by atoms with Gasteiger partial charge in [0.25, 0.3) is 0 Å². The molecule has 0 unspecified atom stereocenters. The minimum absolute atomic E-state index is 0.579. The van der Waals surface area contributed by atoms with Gasteiger partial charge >= 0.3 is 0 Å². The van der Waals surface area contributed by atoms with Gasteiger partial charge in [-0.15, -0.1) is 0 Å². The molecule has 0 aliphatic carbocycles. The molecule has 0 saturated heterocycles. The number of aromatic nitrogens is 1. The first-order valence-electron chi connectivity index (χ1n) is 7.01. The molecule has 0 aliphatic rings.